The van der Waals surface area contributed by atoms with Crippen LogP contribution in [0.1, 0.15) is 24.9 Å². The van der Waals surface area contributed by atoms with Gasteiger partial charge in [-0.2, -0.15) is 0 Å². The third-order valence-corrected chi connectivity index (χ3v) is 5.74. The molecule has 6 nitrogen and oxygen atoms in total. The molecule has 2 fully saturated rings. The van der Waals surface area contributed by atoms with E-state index in [2.05, 4.69) is 10.2 Å². The second-order valence-corrected chi connectivity index (χ2v) is 7.36. The van der Waals surface area contributed by atoms with Crippen LogP contribution in [0, 0.1) is 11.7 Å². The number of carbonyl (C=O) groups excluding carboxylic acids is 1. The van der Waals surface area contributed by atoms with Gasteiger partial charge >= 0.3 is 6.03 Å². The summed E-state index contributed by atoms with van der Waals surface area (Å²) in [6.07, 6.45) is 1.03. The highest BCUT2D eigenvalue weighted by Gasteiger charge is 2.32. The number of carbonyl (C=O) groups is 1. The van der Waals surface area contributed by atoms with Gasteiger partial charge in [-0.15, -0.1) is 0 Å². The molecule has 2 saturated heterocycles. The van der Waals surface area contributed by atoms with E-state index in [0.717, 1.165) is 51.5 Å². The number of nitrogens with zero attached hydrogens (tertiary/aromatic N) is 2. The number of ether oxygens (including phenoxy) is 2. The Labute approximate surface area is 160 Å². The lowest BCUT2D eigenvalue weighted by Crippen LogP contribution is -2.53. The van der Waals surface area contributed by atoms with E-state index in [4.69, 9.17) is 9.47 Å². The molecule has 27 heavy (non-hydrogen) atoms. The molecule has 1 aromatic rings. The molecular weight excluding hydrogens is 349 g/mol. The van der Waals surface area contributed by atoms with Gasteiger partial charge in [-0.05, 0) is 31.0 Å². The molecule has 3 rings (SSSR count). The average Bonchev–Trinajstić information content (AvgIpc) is 3.23. The molecule has 150 valence electrons. The zero-order valence-electron chi connectivity index (χ0n) is 16.2. The van der Waals surface area contributed by atoms with Gasteiger partial charge in [0.05, 0.1) is 25.9 Å². The van der Waals surface area contributed by atoms with Crippen LogP contribution in [0.5, 0.6) is 0 Å². The molecule has 3 atom stereocenters. The quantitative estimate of drug-likeness (QED) is 0.824. The van der Waals surface area contributed by atoms with Gasteiger partial charge in [0.25, 0.3) is 0 Å². The summed E-state index contributed by atoms with van der Waals surface area (Å²) < 4.78 is 24.2. The molecule has 0 spiro atoms. The summed E-state index contributed by atoms with van der Waals surface area (Å²) >= 11 is 0. The third kappa shape index (κ3) is 5.18. The summed E-state index contributed by atoms with van der Waals surface area (Å²) in [5.41, 5.74) is 0.906. The first kappa shape index (κ1) is 20.0. The number of benzene rings is 1. The van der Waals surface area contributed by atoms with Crippen molar-refractivity contribution in [2.45, 2.75) is 25.4 Å². The van der Waals surface area contributed by atoms with E-state index in [-0.39, 0.29) is 23.9 Å². The molecule has 2 amide bonds. The lowest BCUT2D eigenvalue weighted by atomic mass is 9.97. The molecule has 3 unspecified atom stereocenters. The predicted molar refractivity (Wildman–Crippen MR) is 101 cm³/mol. The highest BCUT2D eigenvalue weighted by molar-refractivity contribution is 5.74. The Balaban J connectivity index is 1.58. The number of amides is 2. The highest BCUT2D eigenvalue weighted by atomic mass is 19.1. The topological polar surface area (TPSA) is 54.0 Å². The normalized spacial score (nSPS) is 23.0. The average molecular weight is 379 g/mol. The van der Waals surface area contributed by atoms with Crippen LogP contribution in [0.2, 0.25) is 0 Å². The lowest BCUT2D eigenvalue weighted by molar-refractivity contribution is 0.00185. The van der Waals surface area contributed by atoms with E-state index in [9.17, 15) is 9.18 Å². The van der Waals surface area contributed by atoms with E-state index in [1.54, 1.807) is 24.1 Å². The van der Waals surface area contributed by atoms with Crippen molar-refractivity contribution in [3.05, 3.63) is 35.6 Å². The van der Waals surface area contributed by atoms with Gasteiger partial charge in [0.1, 0.15) is 5.82 Å². The lowest BCUT2D eigenvalue weighted by Gasteiger charge is -2.38. The van der Waals surface area contributed by atoms with Crippen LogP contribution in [0.25, 0.3) is 0 Å². The van der Waals surface area contributed by atoms with Gasteiger partial charge in [0.2, 0.25) is 0 Å². The van der Waals surface area contributed by atoms with E-state index < -0.39 is 0 Å². The van der Waals surface area contributed by atoms with Crippen LogP contribution < -0.4 is 5.32 Å². The minimum absolute atomic E-state index is 0.121. The summed E-state index contributed by atoms with van der Waals surface area (Å²) in [5, 5.41) is 3.09. The predicted octanol–water partition coefficient (Wildman–Crippen LogP) is 2.27. The number of hydrogen-bond acceptors (Lipinski definition) is 4. The van der Waals surface area contributed by atoms with Crippen LogP contribution in [-0.4, -0.2) is 75.0 Å². The second kappa shape index (κ2) is 9.48. The van der Waals surface area contributed by atoms with Crippen molar-refractivity contribution >= 4 is 6.03 Å². The van der Waals surface area contributed by atoms with Gasteiger partial charge in [-0.25, -0.2) is 9.18 Å². The summed E-state index contributed by atoms with van der Waals surface area (Å²) in [5.74, 6) is 0.161. The summed E-state index contributed by atoms with van der Waals surface area (Å²) in [4.78, 5) is 16.8. The Bertz CT molecular complexity index is 601. The van der Waals surface area contributed by atoms with Crippen molar-refractivity contribution in [2.75, 3.05) is 53.1 Å². The van der Waals surface area contributed by atoms with E-state index in [1.165, 1.54) is 12.1 Å². The minimum atomic E-state index is -0.273. The first-order valence-corrected chi connectivity index (χ1v) is 9.72. The molecule has 0 saturated carbocycles. The van der Waals surface area contributed by atoms with Crippen molar-refractivity contribution in [3.63, 3.8) is 0 Å². The number of hydrogen-bond donors (Lipinski definition) is 1. The molecule has 1 aromatic carbocycles. The Hall–Kier alpha value is -1.70. The molecule has 0 radical (unpaired) electrons. The molecule has 0 bridgehead atoms. The minimum Gasteiger partial charge on any atom is -0.381 e. The largest absolute Gasteiger partial charge is 0.381 e. The maximum absolute atomic E-state index is 13.1. The first-order chi connectivity index (χ1) is 13.1. The SMILES string of the molecule is CC(c1ccc(F)cc1)N(C)C(=O)NCC(C1CCOC1)N1CCOCC1. The maximum Gasteiger partial charge on any atom is 0.317 e. The number of nitrogens with one attached hydrogen (secondary N) is 1. The maximum atomic E-state index is 13.1. The van der Waals surface area contributed by atoms with Crippen LogP contribution in [0.15, 0.2) is 24.3 Å². The highest BCUT2D eigenvalue weighted by Crippen LogP contribution is 2.23. The summed E-state index contributed by atoms with van der Waals surface area (Å²) in [7, 11) is 1.77. The molecule has 2 aliphatic rings. The van der Waals surface area contributed by atoms with Crippen molar-refractivity contribution in [1.29, 1.82) is 0 Å². The monoisotopic (exact) mass is 379 g/mol. The van der Waals surface area contributed by atoms with Crippen LogP contribution in [0.3, 0.4) is 0 Å². The van der Waals surface area contributed by atoms with Gasteiger partial charge in [0, 0.05) is 45.2 Å². The fourth-order valence-electron chi connectivity index (χ4n) is 3.82. The summed E-state index contributed by atoms with van der Waals surface area (Å²) in [6, 6.07) is 6.28. The smallest absolute Gasteiger partial charge is 0.317 e. The van der Waals surface area contributed by atoms with Gasteiger partial charge in [0.15, 0.2) is 0 Å². The Morgan fingerprint density at radius 3 is 2.59 bits per heavy atom. The number of morpholine rings is 1. The third-order valence-electron chi connectivity index (χ3n) is 5.74. The Morgan fingerprint density at radius 1 is 1.26 bits per heavy atom. The van der Waals surface area contributed by atoms with Crippen molar-refractivity contribution in [3.8, 4) is 0 Å². The number of urea groups is 1. The van der Waals surface area contributed by atoms with Crippen molar-refractivity contribution in [2.24, 2.45) is 5.92 Å². The fourth-order valence-corrected chi connectivity index (χ4v) is 3.82. The molecule has 7 heteroatoms. The fraction of sp³-hybridized carbons (Fsp3) is 0.650. The standard InChI is InChI=1S/C20H30FN3O3/c1-15(16-3-5-18(21)6-4-16)23(2)20(25)22-13-19(17-7-10-27-14-17)24-8-11-26-12-9-24/h3-6,15,17,19H,7-14H2,1-2H3,(H,22,25). The number of rotatable bonds is 6. The van der Waals surface area contributed by atoms with Gasteiger partial charge < -0.3 is 19.7 Å². The van der Waals surface area contributed by atoms with Crippen molar-refractivity contribution in [1.82, 2.24) is 15.1 Å². The molecule has 2 aliphatic heterocycles. The molecule has 0 aliphatic carbocycles. The van der Waals surface area contributed by atoms with Crippen LogP contribution in [-0.2, 0) is 9.47 Å². The van der Waals surface area contributed by atoms with Crippen LogP contribution >= 0.6 is 0 Å². The zero-order chi connectivity index (χ0) is 19.2. The van der Waals surface area contributed by atoms with E-state index in [0.29, 0.717) is 12.5 Å². The Morgan fingerprint density at radius 2 is 1.96 bits per heavy atom. The zero-order valence-corrected chi connectivity index (χ0v) is 16.2. The second-order valence-electron chi connectivity index (χ2n) is 7.36. The Kier molecular flexibility index (Phi) is 7.04. The summed E-state index contributed by atoms with van der Waals surface area (Å²) in [6.45, 7) is 7.32. The van der Waals surface area contributed by atoms with Crippen LogP contribution in [0.4, 0.5) is 9.18 Å². The van der Waals surface area contributed by atoms with Crippen molar-refractivity contribution < 1.29 is 18.7 Å². The van der Waals surface area contributed by atoms with Gasteiger partial charge in [-0.1, -0.05) is 12.1 Å². The molecule has 1 N–H and O–H groups in total. The van der Waals surface area contributed by atoms with Gasteiger partial charge in [-0.3, -0.25) is 4.90 Å². The van der Waals surface area contributed by atoms with E-state index >= 15 is 0 Å². The molecular formula is C20H30FN3O3. The molecule has 0 aromatic heterocycles. The first-order valence-electron chi connectivity index (χ1n) is 9.72. The molecule has 2 heterocycles. The van der Waals surface area contributed by atoms with E-state index in [1.807, 2.05) is 6.92 Å². The number of halogens is 1.